The van der Waals surface area contributed by atoms with Crippen LogP contribution in [0.15, 0.2) is 54.6 Å². The van der Waals surface area contributed by atoms with Gasteiger partial charge in [-0.3, -0.25) is 0 Å². The lowest BCUT2D eigenvalue weighted by atomic mass is 9.98. The Morgan fingerprint density at radius 2 is 1.50 bits per heavy atom. The Morgan fingerprint density at radius 1 is 0.750 bits per heavy atom. The van der Waals surface area contributed by atoms with Gasteiger partial charge < -0.3 is 0 Å². The number of rotatable bonds is 0. The minimum atomic E-state index is 0.745. The van der Waals surface area contributed by atoms with Crippen LogP contribution in [0.5, 0.6) is 0 Å². The van der Waals surface area contributed by atoms with E-state index in [1.165, 1.54) is 5.39 Å². The third-order valence-corrected chi connectivity index (χ3v) is 2.89. The Balaban J connectivity index is 2.64. The highest BCUT2D eigenvalue weighted by Crippen LogP contribution is 2.27. The second-order valence-corrected chi connectivity index (χ2v) is 3.80. The molecule has 1 nitrogen and oxygen atoms in total. The molecule has 0 atom stereocenters. The van der Waals surface area contributed by atoms with Crippen LogP contribution in [0.25, 0.3) is 21.5 Å². The molecule has 1 heteroatoms. The second-order valence-electron chi connectivity index (χ2n) is 3.80. The zero-order valence-corrected chi connectivity index (χ0v) is 8.64. The molecule has 0 heterocycles. The molecule has 0 spiro atoms. The zero-order chi connectivity index (χ0) is 11.0. The lowest BCUT2D eigenvalue weighted by molar-refractivity contribution is 1.51. The SMILES string of the molecule is N#Cc1cccc2ccc3ccccc3c12. The van der Waals surface area contributed by atoms with Gasteiger partial charge in [-0.15, -0.1) is 0 Å². The van der Waals surface area contributed by atoms with E-state index in [2.05, 4.69) is 30.3 Å². The molecule has 74 valence electrons. The Kier molecular flexibility index (Phi) is 1.88. The molecule has 0 aliphatic heterocycles. The minimum Gasteiger partial charge on any atom is -0.192 e. The quantitative estimate of drug-likeness (QED) is 0.509. The fraction of sp³-hybridized carbons (Fsp3) is 0. The summed E-state index contributed by atoms with van der Waals surface area (Å²) in [6, 6.07) is 20.4. The van der Waals surface area contributed by atoms with Crippen LogP contribution in [-0.4, -0.2) is 0 Å². The molecule has 16 heavy (non-hydrogen) atoms. The van der Waals surface area contributed by atoms with Crippen molar-refractivity contribution < 1.29 is 0 Å². The number of hydrogen-bond acceptors (Lipinski definition) is 1. The normalized spacial score (nSPS) is 10.4. The van der Waals surface area contributed by atoms with Crippen molar-refractivity contribution >= 4 is 21.5 Å². The Morgan fingerprint density at radius 3 is 2.38 bits per heavy atom. The first-order valence-electron chi connectivity index (χ1n) is 5.21. The van der Waals surface area contributed by atoms with Crippen LogP contribution in [0.3, 0.4) is 0 Å². The number of benzene rings is 3. The standard InChI is InChI=1S/C15H9N/c16-10-13-6-3-5-12-9-8-11-4-1-2-7-14(11)15(12)13/h1-9H. The summed E-state index contributed by atoms with van der Waals surface area (Å²) >= 11 is 0. The van der Waals surface area contributed by atoms with E-state index in [0.717, 1.165) is 21.7 Å². The number of hydrogen-bond donors (Lipinski definition) is 0. The first-order chi connectivity index (χ1) is 7.90. The van der Waals surface area contributed by atoms with Gasteiger partial charge in [0.05, 0.1) is 11.6 Å². The average molecular weight is 203 g/mol. The summed E-state index contributed by atoms with van der Waals surface area (Å²) in [5.74, 6) is 0. The number of nitrogens with zero attached hydrogens (tertiary/aromatic N) is 1. The highest BCUT2D eigenvalue weighted by Gasteiger charge is 2.03. The van der Waals surface area contributed by atoms with E-state index in [1.807, 2.05) is 30.3 Å². The molecule has 0 fully saturated rings. The van der Waals surface area contributed by atoms with Crippen LogP contribution in [0.1, 0.15) is 5.56 Å². The molecule has 0 N–H and O–H groups in total. The van der Waals surface area contributed by atoms with Crippen LogP contribution in [0, 0.1) is 11.3 Å². The van der Waals surface area contributed by atoms with Crippen molar-refractivity contribution in [3.8, 4) is 6.07 Å². The Hall–Kier alpha value is -2.33. The maximum Gasteiger partial charge on any atom is 0.0998 e. The minimum absolute atomic E-state index is 0.745. The summed E-state index contributed by atoms with van der Waals surface area (Å²) < 4.78 is 0. The second kappa shape index (κ2) is 3.36. The molecular weight excluding hydrogens is 194 g/mol. The highest BCUT2D eigenvalue weighted by molar-refractivity contribution is 6.09. The molecule has 0 aliphatic carbocycles. The lowest BCUT2D eigenvalue weighted by Gasteiger charge is -2.04. The lowest BCUT2D eigenvalue weighted by Crippen LogP contribution is -1.81. The molecule has 0 bridgehead atoms. The zero-order valence-electron chi connectivity index (χ0n) is 8.64. The van der Waals surface area contributed by atoms with Crippen molar-refractivity contribution in [2.75, 3.05) is 0 Å². The monoisotopic (exact) mass is 203 g/mol. The maximum absolute atomic E-state index is 9.15. The van der Waals surface area contributed by atoms with Crippen molar-refractivity contribution in [1.29, 1.82) is 5.26 Å². The van der Waals surface area contributed by atoms with Crippen molar-refractivity contribution in [3.63, 3.8) is 0 Å². The Labute approximate surface area is 93.6 Å². The average Bonchev–Trinajstić information content (AvgIpc) is 2.37. The molecule has 0 radical (unpaired) electrons. The van der Waals surface area contributed by atoms with E-state index in [4.69, 9.17) is 5.26 Å². The summed E-state index contributed by atoms with van der Waals surface area (Å²) in [6.07, 6.45) is 0. The fourth-order valence-corrected chi connectivity index (χ4v) is 2.15. The van der Waals surface area contributed by atoms with Gasteiger partial charge in [-0.1, -0.05) is 48.5 Å². The van der Waals surface area contributed by atoms with Gasteiger partial charge in [0.1, 0.15) is 0 Å². The van der Waals surface area contributed by atoms with Crippen molar-refractivity contribution in [3.05, 3.63) is 60.2 Å². The van der Waals surface area contributed by atoms with Crippen molar-refractivity contribution in [2.24, 2.45) is 0 Å². The summed E-state index contributed by atoms with van der Waals surface area (Å²) in [5, 5.41) is 13.7. The van der Waals surface area contributed by atoms with Gasteiger partial charge in [0.25, 0.3) is 0 Å². The smallest absolute Gasteiger partial charge is 0.0998 e. The molecular formula is C15H9N. The number of fused-ring (bicyclic) bond motifs is 3. The molecule has 3 aromatic rings. The van der Waals surface area contributed by atoms with E-state index in [-0.39, 0.29) is 0 Å². The van der Waals surface area contributed by atoms with Gasteiger partial charge in [0.15, 0.2) is 0 Å². The van der Waals surface area contributed by atoms with E-state index in [9.17, 15) is 0 Å². The van der Waals surface area contributed by atoms with Crippen LogP contribution in [0.4, 0.5) is 0 Å². The molecule has 3 aromatic carbocycles. The third kappa shape index (κ3) is 1.17. The first-order valence-corrected chi connectivity index (χ1v) is 5.21. The molecule has 0 amide bonds. The van der Waals surface area contributed by atoms with Crippen LogP contribution in [0.2, 0.25) is 0 Å². The first kappa shape index (κ1) is 8.94. The van der Waals surface area contributed by atoms with E-state index in [1.54, 1.807) is 0 Å². The number of nitriles is 1. The van der Waals surface area contributed by atoms with E-state index >= 15 is 0 Å². The topological polar surface area (TPSA) is 23.8 Å². The summed E-state index contributed by atoms with van der Waals surface area (Å²) in [7, 11) is 0. The van der Waals surface area contributed by atoms with Crippen LogP contribution < -0.4 is 0 Å². The van der Waals surface area contributed by atoms with Gasteiger partial charge in [0.2, 0.25) is 0 Å². The van der Waals surface area contributed by atoms with Crippen LogP contribution >= 0.6 is 0 Å². The highest BCUT2D eigenvalue weighted by atomic mass is 14.2. The van der Waals surface area contributed by atoms with Gasteiger partial charge in [-0.05, 0) is 22.2 Å². The van der Waals surface area contributed by atoms with Gasteiger partial charge in [0, 0.05) is 5.39 Å². The van der Waals surface area contributed by atoms with Gasteiger partial charge in [-0.25, -0.2) is 0 Å². The van der Waals surface area contributed by atoms with Gasteiger partial charge >= 0.3 is 0 Å². The van der Waals surface area contributed by atoms with Crippen molar-refractivity contribution in [2.45, 2.75) is 0 Å². The molecule has 0 saturated carbocycles. The fourth-order valence-electron chi connectivity index (χ4n) is 2.15. The molecule has 3 rings (SSSR count). The molecule has 0 aromatic heterocycles. The summed E-state index contributed by atoms with van der Waals surface area (Å²) in [5.41, 5.74) is 0.745. The van der Waals surface area contributed by atoms with Crippen LogP contribution in [-0.2, 0) is 0 Å². The summed E-state index contributed by atoms with van der Waals surface area (Å²) in [4.78, 5) is 0. The van der Waals surface area contributed by atoms with Crippen molar-refractivity contribution in [1.82, 2.24) is 0 Å². The molecule has 0 unspecified atom stereocenters. The summed E-state index contributed by atoms with van der Waals surface area (Å²) in [6.45, 7) is 0. The Bertz CT molecular complexity index is 720. The van der Waals surface area contributed by atoms with E-state index in [0.29, 0.717) is 0 Å². The largest absolute Gasteiger partial charge is 0.192 e. The van der Waals surface area contributed by atoms with Gasteiger partial charge in [-0.2, -0.15) is 5.26 Å². The molecule has 0 saturated heterocycles. The van der Waals surface area contributed by atoms with E-state index < -0.39 is 0 Å². The predicted octanol–water partition coefficient (Wildman–Crippen LogP) is 3.86. The third-order valence-electron chi connectivity index (χ3n) is 2.89. The maximum atomic E-state index is 9.15. The molecule has 0 aliphatic rings. The predicted molar refractivity (Wildman–Crippen MR) is 66.2 cm³/mol.